The van der Waals surface area contributed by atoms with Crippen LogP contribution in [0.2, 0.25) is 0 Å². The van der Waals surface area contributed by atoms with Gasteiger partial charge in [0, 0.05) is 12.0 Å². The van der Waals surface area contributed by atoms with Gasteiger partial charge in [-0.2, -0.15) is 4.89 Å². The first-order chi connectivity index (χ1) is 16.1. The molecule has 1 saturated heterocycles. The summed E-state index contributed by atoms with van der Waals surface area (Å²) in [7, 11) is 1.63. The standard InChI is InChI=1S/C25H24O7S/c1-28-21-14-12-20(13-15-21)25(18-8-4-2-5-9-18,19-10-6-3-7-11-19)33-32-23-17-29-16-22(23)30-31-24(26)27/h2-15,22-23H,16-17H2,1H3,(H,26,27)/t22-,23+/m0/s1. The van der Waals surface area contributed by atoms with Crippen molar-refractivity contribution in [3.63, 3.8) is 0 Å². The van der Waals surface area contributed by atoms with E-state index in [-0.39, 0.29) is 13.2 Å². The first-order valence-electron chi connectivity index (χ1n) is 10.4. The van der Waals surface area contributed by atoms with E-state index in [0.29, 0.717) is 0 Å². The molecule has 0 saturated carbocycles. The van der Waals surface area contributed by atoms with Gasteiger partial charge in [-0.15, -0.1) is 0 Å². The molecule has 4 rings (SSSR count). The van der Waals surface area contributed by atoms with Crippen molar-refractivity contribution in [1.29, 1.82) is 0 Å². The molecule has 0 bridgehead atoms. The molecule has 1 N–H and O–H groups in total. The van der Waals surface area contributed by atoms with Crippen molar-refractivity contribution in [2.45, 2.75) is 17.0 Å². The Hall–Kier alpha value is -3.04. The smallest absolute Gasteiger partial charge is 0.497 e. The van der Waals surface area contributed by atoms with Crippen LogP contribution in [0, 0.1) is 0 Å². The molecule has 0 radical (unpaired) electrons. The molecule has 1 aliphatic heterocycles. The van der Waals surface area contributed by atoms with E-state index < -0.39 is 23.1 Å². The molecule has 33 heavy (non-hydrogen) atoms. The van der Waals surface area contributed by atoms with Gasteiger partial charge in [0.25, 0.3) is 0 Å². The maximum absolute atomic E-state index is 10.7. The van der Waals surface area contributed by atoms with E-state index in [4.69, 9.17) is 23.7 Å². The highest BCUT2D eigenvalue weighted by Gasteiger charge is 2.41. The number of carbonyl (C=O) groups is 1. The van der Waals surface area contributed by atoms with Crippen molar-refractivity contribution >= 4 is 18.2 Å². The number of methoxy groups -OCH3 is 1. The van der Waals surface area contributed by atoms with E-state index in [1.54, 1.807) is 7.11 Å². The van der Waals surface area contributed by atoms with Gasteiger partial charge in [-0.25, -0.2) is 4.79 Å². The lowest BCUT2D eigenvalue weighted by Crippen LogP contribution is -2.32. The van der Waals surface area contributed by atoms with Gasteiger partial charge in [-0.3, -0.25) is 4.89 Å². The SMILES string of the molecule is COc1ccc(C(SO[C@@H]2COC[C@@H]2OOC(=O)O)(c2ccccc2)c2ccccc2)cc1. The molecular weight excluding hydrogens is 444 g/mol. The van der Waals surface area contributed by atoms with Gasteiger partial charge < -0.3 is 18.8 Å². The number of rotatable bonds is 9. The monoisotopic (exact) mass is 468 g/mol. The summed E-state index contributed by atoms with van der Waals surface area (Å²) in [4.78, 5) is 20.1. The second kappa shape index (κ2) is 10.7. The molecule has 0 spiro atoms. The van der Waals surface area contributed by atoms with Gasteiger partial charge in [-0.05, 0) is 28.8 Å². The summed E-state index contributed by atoms with van der Waals surface area (Å²) in [6.45, 7) is 0.424. The Labute approximate surface area is 196 Å². The highest BCUT2D eigenvalue weighted by molar-refractivity contribution is 7.96. The summed E-state index contributed by atoms with van der Waals surface area (Å²) in [5.41, 5.74) is 3.03. The minimum Gasteiger partial charge on any atom is -0.497 e. The predicted octanol–water partition coefficient (Wildman–Crippen LogP) is 5.05. The fourth-order valence-corrected chi connectivity index (χ4v) is 4.89. The Bertz CT molecular complexity index is 988. The normalized spacial score (nSPS) is 18.1. The third-order valence-electron chi connectivity index (χ3n) is 5.38. The van der Waals surface area contributed by atoms with Gasteiger partial charge in [0.2, 0.25) is 0 Å². The van der Waals surface area contributed by atoms with Crippen LogP contribution in [0.4, 0.5) is 4.79 Å². The summed E-state index contributed by atoms with van der Waals surface area (Å²) < 4.78 is 16.4. The van der Waals surface area contributed by atoms with E-state index in [2.05, 4.69) is 29.2 Å². The fourth-order valence-electron chi connectivity index (χ4n) is 3.75. The minimum absolute atomic E-state index is 0.171. The summed E-state index contributed by atoms with van der Waals surface area (Å²) in [5.74, 6) is 0.753. The number of carboxylic acid groups (broad SMARTS) is 1. The topological polar surface area (TPSA) is 83.5 Å². The molecule has 0 aromatic heterocycles. The Balaban J connectivity index is 1.74. The second-order valence-corrected chi connectivity index (χ2v) is 8.35. The van der Waals surface area contributed by atoms with Crippen LogP contribution in [-0.2, 0) is 23.4 Å². The van der Waals surface area contributed by atoms with Crippen LogP contribution in [-0.4, -0.2) is 43.8 Å². The summed E-state index contributed by atoms with van der Waals surface area (Å²) in [6.07, 6.45) is -2.72. The number of hydrogen-bond acceptors (Lipinski definition) is 7. The molecule has 0 aliphatic carbocycles. The third-order valence-corrected chi connectivity index (χ3v) is 6.68. The third kappa shape index (κ3) is 5.15. The fraction of sp³-hybridized carbons (Fsp3) is 0.240. The molecule has 0 unspecified atom stereocenters. The summed E-state index contributed by atoms with van der Waals surface area (Å²) >= 11 is 1.27. The highest BCUT2D eigenvalue weighted by atomic mass is 32.2. The van der Waals surface area contributed by atoms with E-state index in [0.717, 1.165) is 22.4 Å². The zero-order chi connectivity index (χ0) is 23.1. The van der Waals surface area contributed by atoms with Crippen LogP contribution in [0.25, 0.3) is 0 Å². The Morgan fingerprint density at radius 1 is 0.879 bits per heavy atom. The molecule has 1 aliphatic rings. The lowest BCUT2D eigenvalue weighted by molar-refractivity contribution is -0.290. The zero-order valence-electron chi connectivity index (χ0n) is 18.0. The molecule has 8 heteroatoms. The average molecular weight is 469 g/mol. The van der Waals surface area contributed by atoms with E-state index in [1.165, 1.54) is 12.0 Å². The van der Waals surface area contributed by atoms with Gasteiger partial charge >= 0.3 is 6.16 Å². The maximum Gasteiger partial charge on any atom is 0.537 e. The van der Waals surface area contributed by atoms with Gasteiger partial charge in [0.05, 0.1) is 20.3 Å². The van der Waals surface area contributed by atoms with Crippen LogP contribution in [0.5, 0.6) is 5.75 Å². The van der Waals surface area contributed by atoms with Crippen LogP contribution in [0.15, 0.2) is 84.9 Å². The van der Waals surface area contributed by atoms with Crippen LogP contribution >= 0.6 is 12.0 Å². The maximum atomic E-state index is 10.7. The average Bonchev–Trinajstić information content (AvgIpc) is 3.32. The largest absolute Gasteiger partial charge is 0.537 e. The quantitative estimate of drug-likeness (QED) is 0.202. The molecule has 1 heterocycles. The van der Waals surface area contributed by atoms with Crippen molar-refractivity contribution < 1.29 is 33.3 Å². The molecule has 7 nitrogen and oxygen atoms in total. The van der Waals surface area contributed by atoms with Gasteiger partial charge in [0.1, 0.15) is 16.6 Å². The second-order valence-electron chi connectivity index (χ2n) is 7.38. The Morgan fingerprint density at radius 3 is 1.97 bits per heavy atom. The first kappa shape index (κ1) is 23.1. The van der Waals surface area contributed by atoms with E-state index >= 15 is 0 Å². The minimum atomic E-state index is -1.52. The Kier molecular flexibility index (Phi) is 7.51. The molecule has 0 amide bonds. The van der Waals surface area contributed by atoms with Crippen molar-refractivity contribution in [2.24, 2.45) is 0 Å². The number of hydrogen-bond donors (Lipinski definition) is 1. The van der Waals surface area contributed by atoms with E-state index in [1.807, 2.05) is 60.7 Å². The first-order valence-corrected chi connectivity index (χ1v) is 11.1. The lowest BCUT2D eigenvalue weighted by atomic mass is 9.84. The van der Waals surface area contributed by atoms with Crippen LogP contribution < -0.4 is 4.74 Å². The summed E-state index contributed by atoms with van der Waals surface area (Å²) in [6, 6.07) is 28.0. The van der Waals surface area contributed by atoms with Crippen molar-refractivity contribution in [3.8, 4) is 5.75 Å². The van der Waals surface area contributed by atoms with E-state index in [9.17, 15) is 4.79 Å². The van der Waals surface area contributed by atoms with Gasteiger partial charge in [0.15, 0.2) is 6.10 Å². The van der Waals surface area contributed by atoms with Crippen molar-refractivity contribution in [1.82, 2.24) is 0 Å². The predicted molar refractivity (Wildman–Crippen MR) is 123 cm³/mol. The van der Waals surface area contributed by atoms with Gasteiger partial charge in [-0.1, -0.05) is 72.8 Å². The molecular formula is C25H24O7S. The molecule has 3 aromatic rings. The highest BCUT2D eigenvalue weighted by Crippen LogP contribution is 2.50. The molecule has 2 atom stereocenters. The van der Waals surface area contributed by atoms with Crippen molar-refractivity contribution in [2.75, 3.05) is 20.3 Å². The lowest BCUT2D eigenvalue weighted by Gasteiger charge is -2.35. The van der Waals surface area contributed by atoms with Crippen LogP contribution in [0.1, 0.15) is 16.7 Å². The number of benzene rings is 3. The zero-order valence-corrected chi connectivity index (χ0v) is 18.8. The van der Waals surface area contributed by atoms with Crippen LogP contribution in [0.3, 0.4) is 0 Å². The Morgan fingerprint density at radius 2 is 1.42 bits per heavy atom. The molecule has 1 fully saturated rings. The molecule has 3 aromatic carbocycles. The molecule has 172 valence electrons. The van der Waals surface area contributed by atoms with Crippen molar-refractivity contribution in [3.05, 3.63) is 102 Å². The summed E-state index contributed by atoms with van der Waals surface area (Å²) in [5, 5.41) is 8.76. The number of ether oxygens (including phenoxy) is 2.